The van der Waals surface area contributed by atoms with Crippen molar-refractivity contribution in [2.75, 3.05) is 13.2 Å². The standard InChI is InChI=1S/C39H69NO3/c1-30(2)17-13-14-18-31-20-22-35-34-21-19-32-29-33(23-25-39(32,4)36(34)24-26-38(31,35)3)43-37(42)40-27-15-11-9-7-5-6-8-10-12-16-28-41/h19,30-31,33-36,41H,5-18,20-29H2,1-4H3,(H,40,42). The zero-order valence-corrected chi connectivity index (χ0v) is 28.8. The van der Waals surface area contributed by atoms with Crippen molar-refractivity contribution in [1.29, 1.82) is 0 Å². The lowest BCUT2D eigenvalue weighted by Gasteiger charge is -2.58. The lowest BCUT2D eigenvalue weighted by Crippen LogP contribution is -2.50. The smallest absolute Gasteiger partial charge is 0.407 e. The van der Waals surface area contributed by atoms with Gasteiger partial charge in [-0.1, -0.05) is 110 Å². The number of hydrogen-bond donors (Lipinski definition) is 2. The molecule has 2 N–H and O–H groups in total. The summed E-state index contributed by atoms with van der Waals surface area (Å²) in [4.78, 5) is 12.6. The van der Waals surface area contributed by atoms with Gasteiger partial charge in [0.25, 0.3) is 0 Å². The van der Waals surface area contributed by atoms with Crippen LogP contribution in [-0.4, -0.2) is 30.5 Å². The van der Waals surface area contributed by atoms with Crippen molar-refractivity contribution in [3.05, 3.63) is 11.6 Å². The SMILES string of the molecule is CC(C)CCCCC1CCC2C3CC=C4CC(OC(=O)NCCCCCCCCCCCCO)CCC4(C)C3CCC12C. The molecular formula is C39H69NO3. The van der Waals surface area contributed by atoms with E-state index in [0.29, 0.717) is 17.4 Å². The van der Waals surface area contributed by atoms with E-state index in [0.717, 1.165) is 68.2 Å². The minimum Gasteiger partial charge on any atom is -0.446 e. The summed E-state index contributed by atoms with van der Waals surface area (Å²) >= 11 is 0. The predicted octanol–water partition coefficient (Wildman–Crippen LogP) is 10.8. The van der Waals surface area contributed by atoms with Gasteiger partial charge in [-0.2, -0.15) is 0 Å². The van der Waals surface area contributed by atoms with E-state index in [2.05, 4.69) is 39.1 Å². The summed E-state index contributed by atoms with van der Waals surface area (Å²) in [6, 6.07) is 0. The highest BCUT2D eigenvalue weighted by Gasteiger charge is 2.58. The number of carbonyl (C=O) groups is 1. The number of carbonyl (C=O) groups excluding carboxylic acids is 1. The summed E-state index contributed by atoms with van der Waals surface area (Å²) in [5.41, 5.74) is 2.49. The number of rotatable bonds is 18. The normalized spacial score (nSPS) is 33.4. The average molecular weight is 600 g/mol. The third kappa shape index (κ3) is 9.26. The van der Waals surface area contributed by atoms with Crippen LogP contribution < -0.4 is 5.32 Å². The first-order valence-electron chi connectivity index (χ1n) is 19.0. The molecule has 0 bridgehead atoms. The minimum absolute atomic E-state index is 0.0452. The summed E-state index contributed by atoms with van der Waals surface area (Å²) in [5.74, 6) is 4.40. The largest absolute Gasteiger partial charge is 0.446 e. The molecule has 1 amide bonds. The monoisotopic (exact) mass is 600 g/mol. The molecule has 3 saturated carbocycles. The molecular weight excluding hydrogens is 530 g/mol. The molecule has 4 nitrogen and oxygen atoms in total. The fraction of sp³-hybridized carbons (Fsp3) is 0.923. The number of hydrogen-bond acceptors (Lipinski definition) is 3. The Morgan fingerprint density at radius 2 is 1.58 bits per heavy atom. The van der Waals surface area contributed by atoms with Gasteiger partial charge < -0.3 is 15.2 Å². The molecule has 0 heterocycles. The molecule has 4 rings (SSSR count). The van der Waals surface area contributed by atoms with Gasteiger partial charge in [0, 0.05) is 19.6 Å². The number of aliphatic hydroxyl groups is 1. The Balaban J connectivity index is 1.14. The molecule has 0 aromatic heterocycles. The van der Waals surface area contributed by atoms with Crippen LogP contribution in [0.5, 0.6) is 0 Å². The molecule has 43 heavy (non-hydrogen) atoms. The molecule has 0 aromatic rings. The van der Waals surface area contributed by atoms with E-state index in [4.69, 9.17) is 9.84 Å². The van der Waals surface area contributed by atoms with E-state index < -0.39 is 0 Å². The maximum atomic E-state index is 12.6. The number of fused-ring (bicyclic) bond motifs is 5. The number of aliphatic hydroxyl groups excluding tert-OH is 1. The van der Waals surface area contributed by atoms with E-state index in [1.165, 1.54) is 109 Å². The lowest BCUT2D eigenvalue weighted by atomic mass is 9.47. The van der Waals surface area contributed by atoms with Gasteiger partial charge in [-0.3, -0.25) is 0 Å². The molecule has 0 aromatic carbocycles. The maximum Gasteiger partial charge on any atom is 0.407 e. The number of allylic oxidation sites excluding steroid dienone is 1. The van der Waals surface area contributed by atoms with E-state index in [-0.39, 0.29) is 12.2 Å². The molecule has 4 aliphatic carbocycles. The van der Waals surface area contributed by atoms with Crippen molar-refractivity contribution < 1.29 is 14.6 Å². The first-order chi connectivity index (χ1) is 20.8. The highest BCUT2D eigenvalue weighted by molar-refractivity contribution is 5.67. The van der Waals surface area contributed by atoms with Gasteiger partial charge in [0.1, 0.15) is 6.10 Å². The van der Waals surface area contributed by atoms with Gasteiger partial charge in [0.2, 0.25) is 0 Å². The van der Waals surface area contributed by atoms with Crippen LogP contribution in [0, 0.1) is 40.4 Å². The van der Waals surface area contributed by atoms with Crippen LogP contribution in [0.15, 0.2) is 11.6 Å². The molecule has 7 unspecified atom stereocenters. The van der Waals surface area contributed by atoms with Crippen molar-refractivity contribution in [2.45, 2.75) is 175 Å². The van der Waals surface area contributed by atoms with Gasteiger partial charge in [-0.05, 0) is 105 Å². The number of ether oxygens (including phenoxy) is 1. The zero-order chi connectivity index (χ0) is 30.7. The van der Waals surface area contributed by atoms with Crippen molar-refractivity contribution in [3.8, 4) is 0 Å². The van der Waals surface area contributed by atoms with Gasteiger partial charge in [0.15, 0.2) is 0 Å². The fourth-order valence-corrected chi connectivity index (χ4v) is 10.3. The zero-order valence-electron chi connectivity index (χ0n) is 28.8. The van der Waals surface area contributed by atoms with Crippen LogP contribution in [0.25, 0.3) is 0 Å². The van der Waals surface area contributed by atoms with Crippen LogP contribution in [-0.2, 0) is 4.74 Å². The Bertz CT molecular complexity index is 869. The Morgan fingerprint density at radius 1 is 0.884 bits per heavy atom. The Kier molecular flexibility index (Phi) is 13.8. The van der Waals surface area contributed by atoms with Crippen LogP contribution in [0.3, 0.4) is 0 Å². The van der Waals surface area contributed by atoms with Crippen LogP contribution >= 0.6 is 0 Å². The Hall–Kier alpha value is -1.03. The quantitative estimate of drug-likeness (QED) is 0.122. The molecule has 0 radical (unpaired) electrons. The summed E-state index contributed by atoms with van der Waals surface area (Å²) in [6.45, 7) is 11.1. The van der Waals surface area contributed by atoms with Crippen molar-refractivity contribution in [2.24, 2.45) is 40.4 Å². The third-order valence-electron chi connectivity index (χ3n) is 13.0. The maximum absolute atomic E-state index is 12.6. The van der Waals surface area contributed by atoms with E-state index >= 15 is 0 Å². The van der Waals surface area contributed by atoms with Crippen LogP contribution in [0.4, 0.5) is 4.79 Å². The summed E-state index contributed by atoms with van der Waals surface area (Å²) in [6.07, 6.45) is 30.4. The lowest BCUT2D eigenvalue weighted by molar-refractivity contribution is -0.0519. The first kappa shape index (κ1) is 34.8. The van der Waals surface area contributed by atoms with Crippen molar-refractivity contribution >= 4 is 6.09 Å². The second kappa shape index (κ2) is 17.0. The Labute approximate surface area is 266 Å². The predicted molar refractivity (Wildman–Crippen MR) is 180 cm³/mol. The molecule has 4 heteroatoms. The summed E-state index contributed by atoms with van der Waals surface area (Å²) < 4.78 is 5.98. The van der Waals surface area contributed by atoms with E-state index in [1.54, 1.807) is 5.57 Å². The highest BCUT2D eigenvalue weighted by Crippen LogP contribution is 2.66. The van der Waals surface area contributed by atoms with E-state index in [1.807, 2.05) is 0 Å². The number of unbranched alkanes of at least 4 members (excludes halogenated alkanes) is 10. The highest BCUT2D eigenvalue weighted by atomic mass is 16.6. The summed E-state index contributed by atoms with van der Waals surface area (Å²) in [7, 11) is 0. The third-order valence-corrected chi connectivity index (χ3v) is 13.0. The molecule has 0 saturated heterocycles. The van der Waals surface area contributed by atoms with Crippen molar-refractivity contribution in [1.82, 2.24) is 5.32 Å². The molecule has 7 atom stereocenters. The topological polar surface area (TPSA) is 58.6 Å². The van der Waals surface area contributed by atoms with Crippen molar-refractivity contribution in [3.63, 3.8) is 0 Å². The molecule has 4 aliphatic rings. The van der Waals surface area contributed by atoms with Gasteiger partial charge in [0.05, 0.1) is 0 Å². The summed E-state index contributed by atoms with van der Waals surface area (Å²) in [5, 5.41) is 11.9. The minimum atomic E-state index is -0.204. The molecule has 3 fully saturated rings. The number of amides is 1. The second-order valence-electron chi connectivity index (χ2n) is 16.2. The number of alkyl carbamates (subject to hydrolysis) is 1. The van der Waals surface area contributed by atoms with E-state index in [9.17, 15) is 4.79 Å². The molecule has 0 aliphatic heterocycles. The first-order valence-corrected chi connectivity index (χ1v) is 19.0. The fourth-order valence-electron chi connectivity index (χ4n) is 10.3. The van der Waals surface area contributed by atoms with Crippen LogP contribution in [0.1, 0.15) is 169 Å². The molecule has 0 spiro atoms. The van der Waals surface area contributed by atoms with Gasteiger partial charge in [-0.15, -0.1) is 0 Å². The molecule has 248 valence electrons. The van der Waals surface area contributed by atoms with Gasteiger partial charge in [-0.25, -0.2) is 4.79 Å². The average Bonchev–Trinajstić information content (AvgIpc) is 3.32. The van der Waals surface area contributed by atoms with Gasteiger partial charge >= 0.3 is 6.09 Å². The second-order valence-corrected chi connectivity index (χ2v) is 16.2. The number of nitrogens with one attached hydrogen (secondary N) is 1. The van der Waals surface area contributed by atoms with Crippen LogP contribution in [0.2, 0.25) is 0 Å². The Morgan fingerprint density at radius 3 is 2.28 bits per heavy atom.